The largest absolute Gasteiger partial charge is 0.384 e. The Morgan fingerprint density at radius 2 is 2.46 bits per heavy atom. The topological polar surface area (TPSA) is 74.8 Å². The molecular formula is C8H9ClN4. The summed E-state index contributed by atoms with van der Waals surface area (Å²) in [6.07, 6.45) is 4.59. The van der Waals surface area contributed by atoms with E-state index < -0.39 is 0 Å². The Kier molecular flexibility index (Phi) is 3.28. The minimum absolute atomic E-state index is 0.00680. The van der Waals surface area contributed by atoms with Gasteiger partial charge in [-0.25, -0.2) is 4.98 Å². The Bertz CT molecular complexity index is 335. The number of nitrogens with zero attached hydrogens (tertiary/aromatic N) is 1. The predicted octanol–water partition coefficient (Wildman–Crippen LogP) is 1.60. The zero-order valence-corrected chi connectivity index (χ0v) is 7.55. The van der Waals surface area contributed by atoms with Crippen molar-refractivity contribution in [3.05, 3.63) is 35.8 Å². The molecule has 0 atom stereocenters. The van der Waals surface area contributed by atoms with Crippen LogP contribution in [0.1, 0.15) is 0 Å². The fourth-order valence-electron chi connectivity index (χ4n) is 0.720. The first-order valence-electron chi connectivity index (χ1n) is 3.57. The van der Waals surface area contributed by atoms with Crippen molar-refractivity contribution in [2.24, 2.45) is 5.73 Å². The fraction of sp³-hybridized carbons (Fsp3) is 0. The maximum Gasteiger partial charge on any atom is 0.131 e. The Balaban J connectivity index is 2.59. The van der Waals surface area contributed by atoms with Crippen LogP contribution in [0.15, 0.2) is 30.6 Å². The van der Waals surface area contributed by atoms with Crippen LogP contribution in [0, 0.1) is 5.41 Å². The van der Waals surface area contributed by atoms with Gasteiger partial charge in [0, 0.05) is 18.1 Å². The molecule has 0 saturated carbocycles. The summed E-state index contributed by atoms with van der Waals surface area (Å²) in [7, 11) is 0. The van der Waals surface area contributed by atoms with Crippen LogP contribution >= 0.6 is 11.6 Å². The smallest absolute Gasteiger partial charge is 0.131 e. The molecule has 4 N–H and O–H groups in total. The number of hydrogen-bond acceptors (Lipinski definition) is 3. The molecule has 5 heteroatoms. The molecule has 0 amide bonds. The van der Waals surface area contributed by atoms with Crippen LogP contribution in [0.2, 0.25) is 5.15 Å². The lowest BCUT2D eigenvalue weighted by atomic mass is 10.4. The summed E-state index contributed by atoms with van der Waals surface area (Å²) < 4.78 is 0. The van der Waals surface area contributed by atoms with Crippen LogP contribution < -0.4 is 11.1 Å². The number of pyridine rings is 1. The summed E-state index contributed by atoms with van der Waals surface area (Å²) in [5, 5.41) is 10.2. The van der Waals surface area contributed by atoms with E-state index in [1.807, 2.05) is 0 Å². The number of anilines is 1. The first-order valence-corrected chi connectivity index (χ1v) is 3.95. The van der Waals surface area contributed by atoms with Crippen molar-refractivity contribution in [1.82, 2.24) is 4.98 Å². The second-order valence-corrected chi connectivity index (χ2v) is 2.69. The second kappa shape index (κ2) is 4.47. The van der Waals surface area contributed by atoms with Crippen molar-refractivity contribution >= 4 is 23.1 Å². The minimum atomic E-state index is -0.00680. The maximum absolute atomic E-state index is 6.91. The van der Waals surface area contributed by atoms with Crippen LogP contribution in [0.3, 0.4) is 0 Å². The first kappa shape index (κ1) is 9.54. The van der Waals surface area contributed by atoms with E-state index in [2.05, 4.69) is 10.3 Å². The van der Waals surface area contributed by atoms with E-state index in [1.54, 1.807) is 24.5 Å². The minimum Gasteiger partial charge on any atom is -0.384 e. The van der Waals surface area contributed by atoms with E-state index in [4.69, 9.17) is 22.7 Å². The molecule has 0 bridgehead atoms. The van der Waals surface area contributed by atoms with Crippen molar-refractivity contribution in [3.63, 3.8) is 0 Å². The average molecular weight is 197 g/mol. The molecule has 0 aliphatic heterocycles. The SMILES string of the molecule is N=C(N)/C=C\Nc1ccnc(Cl)c1. The molecule has 1 aromatic heterocycles. The third-order valence-corrected chi connectivity index (χ3v) is 1.45. The monoisotopic (exact) mass is 196 g/mol. The lowest BCUT2D eigenvalue weighted by molar-refractivity contribution is 1.32. The number of nitrogens with two attached hydrogens (primary N) is 1. The van der Waals surface area contributed by atoms with Crippen LogP contribution in [-0.4, -0.2) is 10.8 Å². The third-order valence-electron chi connectivity index (χ3n) is 1.24. The van der Waals surface area contributed by atoms with Crippen molar-refractivity contribution in [1.29, 1.82) is 5.41 Å². The highest BCUT2D eigenvalue weighted by Gasteiger charge is 1.90. The van der Waals surface area contributed by atoms with Crippen molar-refractivity contribution < 1.29 is 0 Å². The highest BCUT2D eigenvalue weighted by Crippen LogP contribution is 2.11. The van der Waals surface area contributed by atoms with Gasteiger partial charge in [0.25, 0.3) is 0 Å². The Labute approximate surface area is 80.9 Å². The summed E-state index contributed by atoms with van der Waals surface area (Å²) in [6, 6.07) is 3.43. The van der Waals surface area contributed by atoms with Gasteiger partial charge in [-0.3, -0.25) is 5.41 Å². The maximum atomic E-state index is 6.91. The molecule has 0 aliphatic rings. The van der Waals surface area contributed by atoms with Crippen LogP contribution in [0.4, 0.5) is 5.69 Å². The molecule has 0 fully saturated rings. The summed E-state index contributed by atoms with van der Waals surface area (Å²) in [4.78, 5) is 3.82. The van der Waals surface area contributed by atoms with Crippen molar-refractivity contribution in [2.75, 3.05) is 5.32 Å². The Morgan fingerprint density at radius 3 is 3.08 bits per heavy atom. The van der Waals surface area contributed by atoms with E-state index in [0.717, 1.165) is 5.69 Å². The summed E-state index contributed by atoms with van der Waals surface area (Å²) in [5.74, 6) is -0.00680. The number of nitrogens with one attached hydrogen (secondary N) is 2. The van der Waals surface area contributed by atoms with E-state index in [1.165, 1.54) is 6.08 Å². The number of amidine groups is 1. The molecule has 0 spiro atoms. The van der Waals surface area contributed by atoms with Gasteiger partial charge in [-0.1, -0.05) is 11.6 Å². The highest BCUT2D eigenvalue weighted by atomic mass is 35.5. The van der Waals surface area contributed by atoms with Gasteiger partial charge in [0.05, 0.1) is 0 Å². The first-order chi connectivity index (χ1) is 6.18. The van der Waals surface area contributed by atoms with Crippen molar-refractivity contribution in [3.8, 4) is 0 Å². The predicted molar refractivity (Wildman–Crippen MR) is 53.9 cm³/mol. The zero-order valence-electron chi connectivity index (χ0n) is 6.79. The summed E-state index contributed by atoms with van der Waals surface area (Å²) in [6.45, 7) is 0. The Morgan fingerprint density at radius 1 is 1.69 bits per heavy atom. The standard InChI is InChI=1S/C8H9ClN4/c9-7-5-6(1-3-13-7)12-4-2-8(10)11/h1-5H,(H3,10,11)(H,12,13)/b4-2-. The van der Waals surface area contributed by atoms with Crippen LogP contribution in [0.5, 0.6) is 0 Å². The molecule has 1 rings (SSSR count). The third kappa shape index (κ3) is 3.57. The van der Waals surface area contributed by atoms with Crippen LogP contribution in [0.25, 0.3) is 0 Å². The average Bonchev–Trinajstić information content (AvgIpc) is 2.03. The van der Waals surface area contributed by atoms with Gasteiger partial charge in [-0.2, -0.15) is 0 Å². The van der Waals surface area contributed by atoms with E-state index in [0.29, 0.717) is 5.15 Å². The fourth-order valence-corrected chi connectivity index (χ4v) is 0.894. The normalized spacial score (nSPS) is 10.2. The highest BCUT2D eigenvalue weighted by molar-refractivity contribution is 6.29. The number of aromatic nitrogens is 1. The van der Waals surface area contributed by atoms with Gasteiger partial charge >= 0.3 is 0 Å². The van der Waals surface area contributed by atoms with Gasteiger partial charge < -0.3 is 11.1 Å². The molecular weight excluding hydrogens is 188 g/mol. The van der Waals surface area contributed by atoms with Crippen molar-refractivity contribution in [2.45, 2.75) is 0 Å². The molecule has 0 unspecified atom stereocenters. The molecule has 0 radical (unpaired) electrons. The van der Waals surface area contributed by atoms with Crippen LogP contribution in [-0.2, 0) is 0 Å². The molecule has 13 heavy (non-hydrogen) atoms. The summed E-state index contributed by atoms with van der Waals surface area (Å²) >= 11 is 5.64. The lowest BCUT2D eigenvalue weighted by Crippen LogP contribution is -2.05. The molecule has 0 aromatic carbocycles. The molecule has 1 aromatic rings. The Hall–Kier alpha value is -1.55. The molecule has 0 aliphatic carbocycles. The summed E-state index contributed by atoms with van der Waals surface area (Å²) in [5.41, 5.74) is 5.91. The van der Waals surface area contributed by atoms with Gasteiger partial charge in [-0.05, 0) is 18.2 Å². The molecule has 4 nitrogen and oxygen atoms in total. The zero-order chi connectivity index (χ0) is 9.68. The van der Waals surface area contributed by atoms with Gasteiger partial charge in [0.1, 0.15) is 11.0 Å². The quantitative estimate of drug-likeness (QED) is 0.391. The molecule has 68 valence electrons. The van der Waals surface area contributed by atoms with E-state index in [9.17, 15) is 0 Å². The number of hydrogen-bond donors (Lipinski definition) is 3. The van der Waals surface area contributed by atoms with Gasteiger partial charge in [0.2, 0.25) is 0 Å². The van der Waals surface area contributed by atoms with E-state index in [-0.39, 0.29) is 5.84 Å². The van der Waals surface area contributed by atoms with Gasteiger partial charge in [-0.15, -0.1) is 0 Å². The van der Waals surface area contributed by atoms with Gasteiger partial charge in [0.15, 0.2) is 0 Å². The lowest BCUT2D eigenvalue weighted by Gasteiger charge is -1.99. The van der Waals surface area contributed by atoms with E-state index >= 15 is 0 Å². The molecule has 1 heterocycles. The second-order valence-electron chi connectivity index (χ2n) is 2.30. The number of halogens is 1. The molecule has 0 saturated heterocycles. The number of rotatable bonds is 3.